The van der Waals surface area contributed by atoms with E-state index < -0.39 is 12.1 Å². The summed E-state index contributed by atoms with van der Waals surface area (Å²) in [7, 11) is 0. The fraction of sp³-hybridized carbons (Fsp3) is 0.814. The van der Waals surface area contributed by atoms with Crippen LogP contribution in [0.5, 0.6) is 0 Å². The Morgan fingerprint density at radius 3 is 1.05 bits per heavy atom. The molecule has 3 N–H and O–H groups in total. The zero-order chi connectivity index (χ0) is 45.6. The van der Waals surface area contributed by atoms with Gasteiger partial charge in [0.25, 0.3) is 0 Å². The van der Waals surface area contributed by atoms with E-state index in [1.807, 2.05) is 0 Å². The Balaban J connectivity index is 3.41. The summed E-state index contributed by atoms with van der Waals surface area (Å²) in [5.41, 5.74) is 0. The van der Waals surface area contributed by atoms with Gasteiger partial charge < -0.3 is 15.5 Å². The Kier molecular flexibility index (Phi) is 52.8. The number of allylic oxidation sites excluding steroid dienone is 10. The van der Waals surface area contributed by atoms with E-state index in [-0.39, 0.29) is 12.5 Å². The van der Waals surface area contributed by atoms with E-state index in [9.17, 15) is 15.0 Å². The number of unbranched alkanes of at least 4 members (excludes halogenated alkanes) is 34. The summed E-state index contributed by atoms with van der Waals surface area (Å²) in [6, 6.07) is -0.535. The third-order valence-electron chi connectivity index (χ3n) is 12.8. The maximum atomic E-state index is 12.5. The van der Waals surface area contributed by atoms with Crippen LogP contribution in [-0.2, 0) is 4.79 Å². The molecule has 368 valence electrons. The van der Waals surface area contributed by atoms with E-state index >= 15 is 0 Å². The Hall–Kier alpha value is -1.91. The number of rotatable bonds is 51. The Labute approximate surface area is 394 Å². The molecule has 0 aromatic rings. The van der Waals surface area contributed by atoms with Crippen molar-refractivity contribution < 1.29 is 15.0 Å². The first-order valence-electron chi connectivity index (χ1n) is 28.0. The first-order valence-corrected chi connectivity index (χ1v) is 28.0. The standard InChI is InChI=1S/C59H109NO3/c1-3-5-7-9-11-13-15-17-19-20-21-22-23-24-25-26-27-28-29-30-31-32-33-34-35-36-37-38-39-40-41-43-45-47-49-51-53-55-59(63)60-57(56-61)58(62)54-52-50-48-46-44-42-18-16-14-12-10-8-6-4-2/h5,7,11,13,17,19,21-22,24-25,57-58,61-62H,3-4,6,8-10,12,14-16,18,20,23,26-56H2,1-2H3,(H,60,63)/b7-5-,13-11-,19-17-,22-21-,25-24-. The minimum Gasteiger partial charge on any atom is -0.394 e. The fourth-order valence-corrected chi connectivity index (χ4v) is 8.57. The van der Waals surface area contributed by atoms with Crippen LogP contribution in [0.25, 0.3) is 0 Å². The summed E-state index contributed by atoms with van der Waals surface area (Å²) in [4.78, 5) is 12.5. The molecule has 0 spiro atoms. The van der Waals surface area contributed by atoms with E-state index in [0.29, 0.717) is 12.8 Å². The van der Waals surface area contributed by atoms with Gasteiger partial charge in [-0.3, -0.25) is 4.79 Å². The van der Waals surface area contributed by atoms with Gasteiger partial charge >= 0.3 is 0 Å². The van der Waals surface area contributed by atoms with Gasteiger partial charge in [0.15, 0.2) is 0 Å². The Morgan fingerprint density at radius 2 is 0.698 bits per heavy atom. The van der Waals surface area contributed by atoms with Crippen LogP contribution in [0.15, 0.2) is 60.8 Å². The quantitative estimate of drug-likeness (QED) is 0.0421. The number of hydrogen-bond donors (Lipinski definition) is 3. The number of amides is 1. The second kappa shape index (κ2) is 54.4. The van der Waals surface area contributed by atoms with Crippen molar-refractivity contribution in [2.24, 2.45) is 0 Å². The molecule has 2 atom stereocenters. The highest BCUT2D eigenvalue weighted by atomic mass is 16.3. The van der Waals surface area contributed by atoms with Gasteiger partial charge in [-0.25, -0.2) is 0 Å². The molecule has 0 aliphatic heterocycles. The van der Waals surface area contributed by atoms with E-state index in [1.54, 1.807) is 0 Å². The van der Waals surface area contributed by atoms with Gasteiger partial charge in [-0.15, -0.1) is 0 Å². The van der Waals surface area contributed by atoms with Crippen LogP contribution in [0.4, 0.5) is 0 Å². The van der Waals surface area contributed by atoms with Crippen molar-refractivity contribution in [3.63, 3.8) is 0 Å². The number of aliphatic hydroxyl groups is 2. The molecule has 2 unspecified atom stereocenters. The summed E-state index contributed by atoms with van der Waals surface area (Å²) in [6.45, 7) is 4.26. The molecule has 0 aromatic heterocycles. The zero-order valence-corrected chi connectivity index (χ0v) is 42.3. The Morgan fingerprint density at radius 1 is 0.397 bits per heavy atom. The van der Waals surface area contributed by atoms with Crippen molar-refractivity contribution in [3.05, 3.63) is 60.8 Å². The molecule has 0 radical (unpaired) electrons. The van der Waals surface area contributed by atoms with E-state index in [1.165, 1.54) is 205 Å². The summed E-state index contributed by atoms with van der Waals surface area (Å²) < 4.78 is 0. The van der Waals surface area contributed by atoms with Gasteiger partial charge in [-0.2, -0.15) is 0 Å². The van der Waals surface area contributed by atoms with E-state index in [2.05, 4.69) is 79.9 Å². The van der Waals surface area contributed by atoms with Gasteiger partial charge in [0.2, 0.25) is 5.91 Å². The lowest BCUT2D eigenvalue weighted by molar-refractivity contribution is -0.123. The predicted molar refractivity (Wildman–Crippen MR) is 281 cm³/mol. The van der Waals surface area contributed by atoms with E-state index in [0.717, 1.165) is 57.8 Å². The van der Waals surface area contributed by atoms with Crippen LogP contribution in [0.3, 0.4) is 0 Å². The highest BCUT2D eigenvalue weighted by molar-refractivity contribution is 5.76. The van der Waals surface area contributed by atoms with Crippen LogP contribution in [-0.4, -0.2) is 34.9 Å². The third-order valence-corrected chi connectivity index (χ3v) is 12.8. The first-order chi connectivity index (χ1) is 31.2. The molecule has 0 saturated heterocycles. The number of nitrogens with one attached hydrogen (secondary N) is 1. The van der Waals surface area contributed by atoms with Gasteiger partial charge in [0, 0.05) is 6.42 Å². The molecule has 63 heavy (non-hydrogen) atoms. The molecule has 0 bridgehead atoms. The fourth-order valence-electron chi connectivity index (χ4n) is 8.57. The van der Waals surface area contributed by atoms with Crippen LogP contribution < -0.4 is 5.32 Å². The zero-order valence-electron chi connectivity index (χ0n) is 42.3. The number of carbonyl (C=O) groups is 1. The second-order valence-electron chi connectivity index (χ2n) is 19.0. The van der Waals surface area contributed by atoms with E-state index in [4.69, 9.17) is 0 Å². The van der Waals surface area contributed by atoms with Crippen LogP contribution in [0, 0.1) is 0 Å². The average molecular weight is 881 g/mol. The monoisotopic (exact) mass is 880 g/mol. The highest BCUT2D eigenvalue weighted by Crippen LogP contribution is 2.17. The predicted octanol–water partition coefficient (Wildman–Crippen LogP) is 18.4. The van der Waals surface area contributed by atoms with Crippen LogP contribution in [0.2, 0.25) is 0 Å². The molecule has 0 heterocycles. The molecule has 0 aliphatic rings. The molecule has 0 saturated carbocycles. The largest absolute Gasteiger partial charge is 0.394 e. The summed E-state index contributed by atoms with van der Waals surface area (Å²) in [5.74, 6) is -0.0281. The third kappa shape index (κ3) is 50.9. The maximum Gasteiger partial charge on any atom is 0.220 e. The van der Waals surface area contributed by atoms with Gasteiger partial charge in [-0.05, 0) is 57.8 Å². The molecule has 4 nitrogen and oxygen atoms in total. The molecular weight excluding hydrogens is 771 g/mol. The molecule has 0 aromatic carbocycles. The lowest BCUT2D eigenvalue weighted by atomic mass is 10.0. The van der Waals surface area contributed by atoms with Crippen molar-refractivity contribution in [2.45, 2.75) is 302 Å². The minimum absolute atomic E-state index is 0.0281. The van der Waals surface area contributed by atoms with Crippen molar-refractivity contribution in [1.29, 1.82) is 0 Å². The van der Waals surface area contributed by atoms with Crippen molar-refractivity contribution in [2.75, 3.05) is 6.61 Å². The van der Waals surface area contributed by atoms with Crippen molar-refractivity contribution in [1.82, 2.24) is 5.32 Å². The lowest BCUT2D eigenvalue weighted by Crippen LogP contribution is -2.45. The van der Waals surface area contributed by atoms with Crippen molar-refractivity contribution >= 4 is 5.91 Å². The summed E-state index contributed by atoms with van der Waals surface area (Å²) in [6.07, 6.45) is 76.4. The second-order valence-corrected chi connectivity index (χ2v) is 19.0. The normalized spacial score (nSPS) is 13.3. The number of carbonyl (C=O) groups excluding carboxylic acids is 1. The van der Waals surface area contributed by atoms with Gasteiger partial charge in [0.1, 0.15) is 0 Å². The van der Waals surface area contributed by atoms with Crippen LogP contribution >= 0.6 is 0 Å². The SMILES string of the molecule is CC/C=C\C/C=C\C/C=C\C/C=C\C/C=C\CCCCCCCCCCCCCCCCCCCCCCCC(=O)NC(CO)C(O)CCCCCCCCCCCCCCCC. The maximum absolute atomic E-state index is 12.5. The topological polar surface area (TPSA) is 69.6 Å². The number of aliphatic hydroxyl groups excluding tert-OH is 2. The van der Waals surface area contributed by atoms with Gasteiger partial charge in [-0.1, -0.05) is 286 Å². The highest BCUT2D eigenvalue weighted by Gasteiger charge is 2.20. The first kappa shape index (κ1) is 61.1. The smallest absolute Gasteiger partial charge is 0.220 e. The molecule has 0 fully saturated rings. The summed E-state index contributed by atoms with van der Waals surface area (Å²) in [5, 5.41) is 23.3. The van der Waals surface area contributed by atoms with Gasteiger partial charge in [0.05, 0.1) is 18.8 Å². The average Bonchev–Trinajstić information content (AvgIpc) is 3.29. The molecule has 1 amide bonds. The molecular formula is C59H109NO3. The minimum atomic E-state index is -0.658. The number of hydrogen-bond acceptors (Lipinski definition) is 3. The van der Waals surface area contributed by atoms with Crippen molar-refractivity contribution in [3.8, 4) is 0 Å². The molecule has 0 rings (SSSR count). The van der Waals surface area contributed by atoms with Crippen LogP contribution in [0.1, 0.15) is 290 Å². The lowest BCUT2D eigenvalue weighted by Gasteiger charge is -2.22. The molecule has 0 aliphatic carbocycles. The Bertz CT molecular complexity index is 1040. The molecule has 4 heteroatoms. The summed E-state index contributed by atoms with van der Waals surface area (Å²) >= 11 is 0.